The molecule has 1 heteroatoms. The van der Waals surface area contributed by atoms with Gasteiger partial charge in [0.05, 0.1) is 0 Å². The van der Waals surface area contributed by atoms with Crippen LogP contribution in [0.25, 0.3) is 0 Å². The fourth-order valence-corrected chi connectivity index (χ4v) is 3.38. The third-order valence-electron chi connectivity index (χ3n) is 4.28. The molecule has 17 heavy (non-hydrogen) atoms. The van der Waals surface area contributed by atoms with Gasteiger partial charge in [-0.3, -0.25) is 0 Å². The van der Waals surface area contributed by atoms with Gasteiger partial charge in [0.15, 0.2) is 0 Å². The van der Waals surface area contributed by atoms with Crippen LogP contribution in [0.5, 0.6) is 0 Å². The van der Waals surface area contributed by atoms with E-state index in [4.69, 9.17) is 5.73 Å². The highest BCUT2D eigenvalue weighted by atomic mass is 14.7. The van der Waals surface area contributed by atoms with Gasteiger partial charge in [0.2, 0.25) is 0 Å². The molecule has 1 aromatic rings. The number of hydrogen-bond donors (Lipinski definition) is 1. The first-order valence-corrected chi connectivity index (χ1v) is 6.96. The summed E-state index contributed by atoms with van der Waals surface area (Å²) >= 11 is 0. The van der Waals surface area contributed by atoms with Crippen molar-refractivity contribution in [2.24, 2.45) is 11.7 Å². The molecule has 1 aromatic carbocycles. The topological polar surface area (TPSA) is 26.0 Å². The molecule has 0 bridgehead atoms. The van der Waals surface area contributed by atoms with E-state index in [1.165, 1.54) is 31.2 Å². The summed E-state index contributed by atoms with van der Waals surface area (Å²) in [4.78, 5) is 0. The van der Waals surface area contributed by atoms with Crippen molar-refractivity contribution in [3.05, 3.63) is 35.9 Å². The van der Waals surface area contributed by atoms with Crippen molar-refractivity contribution >= 4 is 0 Å². The first kappa shape index (κ1) is 12.6. The Morgan fingerprint density at radius 1 is 1.12 bits per heavy atom. The van der Waals surface area contributed by atoms with E-state index in [0.29, 0.717) is 12.0 Å². The highest BCUT2D eigenvalue weighted by molar-refractivity contribution is 5.29. The largest absolute Gasteiger partial charge is 0.327 e. The maximum Gasteiger partial charge on any atom is 0.0139 e. The first-order chi connectivity index (χ1) is 8.15. The van der Waals surface area contributed by atoms with Crippen molar-refractivity contribution in [2.75, 3.05) is 0 Å². The minimum absolute atomic E-state index is 0.255. The number of benzene rings is 1. The Balaban J connectivity index is 2.27. The summed E-state index contributed by atoms with van der Waals surface area (Å²) in [5.41, 5.74) is 8.27. The molecule has 1 aliphatic carbocycles. The highest BCUT2D eigenvalue weighted by Crippen LogP contribution is 2.44. The third-order valence-corrected chi connectivity index (χ3v) is 4.28. The molecular weight excluding hydrogens is 206 g/mol. The third kappa shape index (κ3) is 2.55. The lowest BCUT2D eigenvalue weighted by Gasteiger charge is -2.37. The van der Waals surface area contributed by atoms with Gasteiger partial charge >= 0.3 is 0 Å². The molecule has 0 aliphatic heterocycles. The molecule has 0 heterocycles. The number of rotatable bonds is 4. The summed E-state index contributed by atoms with van der Waals surface area (Å²) in [6, 6.07) is 11.2. The van der Waals surface area contributed by atoms with E-state index in [9.17, 15) is 0 Å². The van der Waals surface area contributed by atoms with Crippen LogP contribution in [0.3, 0.4) is 0 Å². The van der Waals surface area contributed by atoms with Gasteiger partial charge in [0.1, 0.15) is 0 Å². The molecule has 0 radical (unpaired) electrons. The maximum absolute atomic E-state index is 6.55. The van der Waals surface area contributed by atoms with Crippen molar-refractivity contribution in [3.63, 3.8) is 0 Å². The van der Waals surface area contributed by atoms with Gasteiger partial charge in [-0.25, -0.2) is 0 Å². The molecule has 0 spiro atoms. The van der Waals surface area contributed by atoms with Crippen LogP contribution < -0.4 is 5.73 Å². The second-order valence-electron chi connectivity index (χ2n) is 5.97. The van der Waals surface area contributed by atoms with Gasteiger partial charge in [-0.15, -0.1) is 0 Å². The Morgan fingerprint density at radius 3 is 2.24 bits per heavy atom. The van der Waals surface area contributed by atoms with E-state index >= 15 is 0 Å². The normalized spacial score (nSPS) is 20.7. The summed E-state index contributed by atoms with van der Waals surface area (Å²) in [7, 11) is 0. The van der Waals surface area contributed by atoms with Crippen molar-refractivity contribution in [1.82, 2.24) is 0 Å². The minimum atomic E-state index is 0.255. The second-order valence-corrected chi connectivity index (χ2v) is 5.97. The smallest absolute Gasteiger partial charge is 0.0139 e. The standard InChI is InChI=1S/C16H25N/c1-13(2)12-15(17)16(10-6-7-11-16)14-8-4-3-5-9-14/h3-5,8-9,13,15H,6-7,10-12,17H2,1-2H3. The molecule has 2 N–H and O–H groups in total. The SMILES string of the molecule is CC(C)CC(N)C1(c2ccccc2)CCCC1. The van der Waals surface area contributed by atoms with E-state index in [1.807, 2.05) is 0 Å². The molecule has 0 aromatic heterocycles. The lowest BCUT2D eigenvalue weighted by atomic mass is 9.71. The van der Waals surface area contributed by atoms with Crippen molar-refractivity contribution < 1.29 is 0 Å². The van der Waals surface area contributed by atoms with E-state index < -0.39 is 0 Å². The van der Waals surface area contributed by atoms with Crippen LogP contribution in [-0.4, -0.2) is 6.04 Å². The van der Waals surface area contributed by atoms with E-state index in [0.717, 1.165) is 6.42 Å². The Hall–Kier alpha value is -0.820. The monoisotopic (exact) mass is 231 g/mol. The second kappa shape index (κ2) is 5.22. The fourth-order valence-electron chi connectivity index (χ4n) is 3.38. The van der Waals surface area contributed by atoms with Crippen LogP contribution in [0.1, 0.15) is 51.5 Å². The average Bonchev–Trinajstić information content (AvgIpc) is 2.79. The Bertz CT molecular complexity index is 336. The Kier molecular flexibility index (Phi) is 3.88. The molecule has 1 saturated carbocycles. The van der Waals surface area contributed by atoms with Crippen LogP contribution in [0.2, 0.25) is 0 Å². The Labute approximate surface area is 105 Å². The molecule has 0 saturated heterocycles. The lowest BCUT2D eigenvalue weighted by molar-refractivity contribution is 0.307. The van der Waals surface area contributed by atoms with Crippen LogP contribution in [-0.2, 0) is 5.41 Å². The molecule has 1 nitrogen and oxygen atoms in total. The van der Waals surface area contributed by atoms with Crippen molar-refractivity contribution in [2.45, 2.75) is 57.4 Å². The number of hydrogen-bond acceptors (Lipinski definition) is 1. The molecule has 2 rings (SSSR count). The molecule has 94 valence electrons. The van der Waals surface area contributed by atoms with Crippen LogP contribution >= 0.6 is 0 Å². The van der Waals surface area contributed by atoms with Crippen molar-refractivity contribution in [3.8, 4) is 0 Å². The van der Waals surface area contributed by atoms with Gasteiger partial charge < -0.3 is 5.73 Å². The Morgan fingerprint density at radius 2 is 1.71 bits per heavy atom. The summed E-state index contributed by atoms with van der Waals surface area (Å²) < 4.78 is 0. The average molecular weight is 231 g/mol. The van der Waals surface area contributed by atoms with Crippen LogP contribution in [0, 0.1) is 5.92 Å². The molecule has 1 unspecified atom stereocenters. The summed E-state index contributed by atoms with van der Waals surface area (Å²) in [6.07, 6.45) is 6.34. The van der Waals surface area contributed by atoms with Crippen molar-refractivity contribution in [1.29, 1.82) is 0 Å². The predicted octanol–water partition coefficient (Wildman–Crippen LogP) is 3.87. The zero-order valence-electron chi connectivity index (χ0n) is 11.2. The molecule has 0 amide bonds. The van der Waals surface area contributed by atoms with Gasteiger partial charge in [0, 0.05) is 11.5 Å². The maximum atomic E-state index is 6.55. The van der Waals surface area contributed by atoms with Gasteiger partial charge in [-0.1, -0.05) is 57.0 Å². The number of nitrogens with two attached hydrogens (primary N) is 1. The minimum Gasteiger partial charge on any atom is -0.327 e. The summed E-state index contributed by atoms with van der Waals surface area (Å²) in [6.45, 7) is 4.54. The van der Waals surface area contributed by atoms with Crippen LogP contribution in [0.4, 0.5) is 0 Å². The van der Waals surface area contributed by atoms with E-state index in [-0.39, 0.29) is 5.41 Å². The molecule has 1 aliphatic rings. The van der Waals surface area contributed by atoms with Gasteiger partial charge in [0.25, 0.3) is 0 Å². The van der Waals surface area contributed by atoms with Gasteiger partial charge in [-0.2, -0.15) is 0 Å². The van der Waals surface area contributed by atoms with E-state index in [1.54, 1.807) is 0 Å². The zero-order chi connectivity index (χ0) is 12.3. The predicted molar refractivity (Wildman–Crippen MR) is 74.0 cm³/mol. The molecule has 1 fully saturated rings. The quantitative estimate of drug-likeness (QED) is 0.836. The van der Waals surface area contributed by atoms with E-state index in [2.05, 4.69) is 44.2 Å². The summed E-state index contributed by atoms with van der Waals surface area (Å²) in [5, 5.41) is 0. The first-order valence-electron chi connectivity index (χ1n) is 6.96. The fraction of sp³-hybridized carbons (Fsp3) is 0.625. The zero-order valence-corrected chi connectivity index (χ0v) is 11.2. The van der Waals surface area contributed by atoms with Gasteiger partial charge in [-0.05, 0) is 30.7 Å². The molecular formula is C16H25N. The highest BCUT2D eigenvalue weighted by Gasteiger charge is 2.40. The molecule has 1 atom stereocenters. The van der Waals surface area contributed by atoms with Crippen LogP contribution in [0.15, 0.2) is 30.3 Å². The summed E-state index contributed by atoms with van der Waals surface area (Å²) in [5.74, 6) is 0.686. The lowest BCUT2D eigenvalue weighted by Crippen LogP contribution is -2.44.